The lowest BCUT2D eigenvalue weighted by molar-refractivity contribution is -0.151. The van der Waals surface area contributed by atoms with Gasteiger partial charge in [0, 0.05) is 20.2 Å². The summed E-state index contributed by atoms with van der Waals surface area (Å²) in [6.07, 6.45) is 0.386. The predicted molar refractivity (Wildman–Crippen MR) is 75.5 cm³/mol. The number of carboxylic acid groups (broad SMARTS) is 1. The third kappa shape index (κ3) is 2.85. The Labute approximate surface area is 123 Å². The van der Waals surface area contributed by atoms with Gasteiger partial charge >= 0.3 is 5.97 Å². The van der Waals surface area contributed by atoms with Gasteiger partial charge in [-0.15, -0.1) is 0 Å². The van der Waals surface area contributed by atoms with Crippen molar-refractivity contribution >= 4 is 11.9 Å². The van der Waals surface area contributed by atoms with Crippen molar-refractivity contribution in [1.29, 1.82) is 0 Å². The van der Waals surface area contributed by atoms with Crippen LogP contribution in [0, 0.1) is 5.41 Å². The lowest BCUT2D eigenvalue weighted by Gasteiger charge is -2.24. The molecule has 1 fully saturated rings. The first-order valence-corrected chi connectivity index (χ1v) is 6.69. The molecule has 0 saturated carbocycles. The molecule has 114 valence electrons. The fourth-order valence-corrected chi connectivity index (χ4v) is 2.67. The standard InChI is InChI=1S/C15H19NO5/c1-20-10-15(14(18)19)7-8-16(9-15)13(17)11-5-3-4-6-12(11)21-2/h3-6H,7-10H2,1-2H3,(H,18,19). The van der Waals surface area contributed by atoms with Gasteiger partial charge in [-0.05, 0) is 18.6 Å². The maximum Gasteiger partial charge on any atom is 0.313 e. The van der Waals surface area contributed by atoms with Gasteiger partial charge in [0.2, 0.25) is 0 Å². The number of carboxylic acids is 1. The van der Waals surface area contributed by atoms with Crippen LogP contribution < -0.4 is 4.74 Å². The Kier molecular flexibility index (Phi) is 4.47. The molecule has 2 rings (SSSR count). The summed E-state index contributed by atoms with van der Waals surface area (Å²) in [4.78, 5) is 25.6. The smallest absolute Gasteiger partial charge is 0.313 e. The highest BCUT2D eigenvalue weighted by Crippen LogP contribution is 2.33. The van der Waals surface area contributed by atoms with Crippen molar-refractivity contribution in [3.8, 4) is 5.75 Å². The molecule has 1 amide bonds. The molecule has 0 bridgehead atoms. The van der Waals surface area contributed by atoms with Gasteiger partial charge in [0.25, 0.3) is 5.91 Å². The van der Waals surface area contributed by atoms with Crippen LogP contribution in [0.5, 0.6) is 5.75 Å². The highest BCUT2D eigenvalue weighted by atomic mass is 16.5. The minimum absolute atomic E-state index is 0.0953. The van der Waals surface area contributed by atoms with Gasteiger partial charge in [0.05, 0.1) is 19.3 Å². The monoisotopic (exact) mass is 293 g/mol. The second-order valence-electron chi connectivity index (χ2n) is 5.20. The van der Waals surface area contributed by atoms with Gasteiger partial charge in [-0.3, -0.25) is 9.59 Å². The zero-order valence-electron chi connectivity index (χ0n) is 12.2. The number of ether oxygens (including phenoxy) is 2. The molecular weight excluding hydrogens is 274 g/mol. The van der Waals surface area contributed by atoms with Crippen LogP contribution in [0.15, 0.2) is 24.3 Å². The Hall–Kier alpha value is -2.08. The first kappa shape index (κ1) is 15.3. The van der Waals surface area contributed by atoms with Crippen LogP contribution in [-0.4, -0.2) is 55.8 Å². The summed E-state index contributed by atoms with van der Waals surface area (Å²) in [5.74, 6) is -0.659. The number of hydrogen-bond acceptors (Lipinski definition) is 4. The number of benzene rings is 1. The van der Waals surface area contributed by atoms with Crippen LogP contribution in [0.25, 0.3) is 0 Å². The van der Waals surface area contributed by atoms with Gasteiger partial charge in [-0.1, -0.05) is 12.1 Å². The average Bonchev–Trinajstić information content (AvgIpc) is 2.92. The van der Waals surface area contributed by atoms with E-state index in [1.165, 1.54) is 14.2 Å². The second-order valence-corrected chi connectivity index (χ2v) is 5.20. The van der Waals surface area contributed by atoms with Crippen LogP contribution in [-0.2, 0) is 9.53 Å². The molecule has 0 aromatic heterocycles. The lowest BCUT2D eigenvalue weighted by atomic mass is 9.88. The number of nitrogens with zero attached hydrogens (tertiary/aromatic N) is 1. The molecule has 1 aromatic rings. The van der Waals surface area contributed by atoms with E-state index in [4.69, 9.17) is 9.47 Å². The number of para-hydroxylation sites is 1. The van der Waals surface area contributed by atoms with Crippen LogP contribution in [0.1, 0.15) is 16.8 Å². The van der Waals surface area contributed by atoms with Crippen molar-refractivity contribution in [2.75, 3.05) is 33.9 Å². The van der Waals surface area contributed by atoms with Crippen LogP contribution >= 0.6 is 0 Å². The fourth-order valence-electron chi connectivity index (χ4n) is 2.67. The Morgan fingerprint density at radius 2 is 2.05 bits per heavy atom. The van der Waals surface area contributed by atoms with E-state index >= 15 is 0 Å². The molecule has 1 heterocycles. The van der Waals surface area contributed by atoms with Crippen molar-refractivity contribution in [3.05, 3.63) is 29.8 Å². The van der Waals surface area contributed by atoms with Crippen molar-refractivity contribution in [2.45, 2.75) is 6.42 Å². The van der Waals surface area contributed by atoms with Crippen LogP contribution in [0.4, 0.5) is 0 Å². The molecule has 1 atom stereocenters. The highest BCUT2D eigenvalue weighted by molar-refractivity contribution is 5.97. The van der Waals surface area contributed by atoms with E-state index in [0.717, 1.165) is 0 Å². The molecule has 1 N–H and O–H groups in total. The molecule has 1 unspecified atom stereocenters. The number of carbonyl (C=O) groups is 2. The summed E-state index contributed by atoms with van der Waals surface area (Å²) < 4.78 is 10.2. The normalized spacial score (nSPS) is 21.3. The summed E-state index contributed by atoms with van der Waals surface area (Å²) in [5, 5.41) is 9.42. The molecule has 0 aliphatic carbocycles. The summed E-state index contributed by atoms with van der Waals surface area (Å²) in [6.45, 7) is 0.637. The largest absolute Gasteiger partial charge is 0.496 e. The van der Waals surface area contributed by atoms with E-state index in [1.54, 1.807) is 29.2 Å². The first-order chi connectivity index (χ1) is 10.0. The van der Waals surface area contributed by atoms with Crippen molar-refractivity contribution in [3.63, 3.8) is 0 Å². The molecule has 6 nitrogen and oxygen atoms in total. The summed E-state index contributed by atoms with van der Waals surface area (Å²) >= 11 is 0. The zero-order valence-corrected chi connectivity index (χ0v) is 12.2. The van der Waals surface area contributed by atoms with Gasteiger partial charge in [0.15, 0.2) is 0 Å². The minimum Gasteiger partial charge on any atom is -0.496 e. The second kappa shape index (κ2) is 6.13. The third-order valence-electron chi connectivity index (χ3n) is 3.85. The quantitative estimate of drug-likeness (QED) is 0.884. The predicted octanol–water partition coefficient (Wildman–Crippen LogP) is 1.26. The van der Waals surface area contributed by atoms with Gasteiger partial charge in [0.1, 0.15) is 11.2 Å². The van der Waals surface area contributed by atoms with Crippen LogP contribution in [0.3, 0.4) is 0 Å². The number of aliphatic carboxylic acids is 1. The van der Waals surface area contributed by atoms with Crippen LogP contribution in [0.2, 0.25) is 0 Å². The minimum atomic E-state index is -1.02. The number of amides is 1. The summed E-state index contributed by atoms with van der Waals surface area (Å²) in [6, 6.07) is 6.93. The highest BCUT2D eigenvalue weighted by Gasteiger charge is 2.46. The maximum atomic E-state index is 12.6. The SMILES string of the molecule is COCC1(C(=O)O)CCN(C(=O)c2ccccc2OC)C1. The number of hydrogen-bond donors (Lipinski definition) is 1. The van der Waals surface area contributed by atoms with E-state index in [-0.39, 0.29) is 19.1 Å². The third-order valence-corrected chi connectivity index (χ3v) is 3.85. The Bertz CT molecular complexity index is 545. The molecule has 1 saturated heterocycles. The van der Waals surface area contributed by atoms with Gasteiger partial charge in [-0.25, -0.2) is 0 Å². The van der Waals surface area contributed by atoms with E-state index < -0.39 is 11.4 Å². The molecule has 1 aromatic carbocycles. The maximum absolute atomic E-state index is 12.6. The van der Waals surface area contributed by atoms with E-state index in [0.29, 0.717) is 24.3 Å². The molecule has 1 aliphatic heterocycles. The van der Waals surface area contributed by atoms with E-state index in [9.17, 15) is 14.7 Å². The number of carbonyl (C=O) groups excluding carboxylic acids is 1. The van der Waals surface area contributed by atoms with E-state index in [2.05, 4.69) is 0 Å². The zero-order chi connectivity index (χ0) is 15.5. The molecule has 21 heavy (non-hydrogen) atoms. The Balaban J connectivity index is 2.20. The van der Waals surface area contributed by atoms with E-state index in [1.807, 2.05) is 0 Å². The van der Waals surface area contributed by atoms with Gasteiger partial charge < -0.3 is 19.5 Å². The molecule has 0 radical (unpaired) electrons. The molecule has 0 spiro atoms. The van der Waals surface area contributed by atoms with Gasteiger partial charge in [-0.2, -0.15) is 0 Å². The summed E-state index contributed by atoms with van der Waals surface area (Å²) in [5.41, 5.74) is -0.578. The topological polar surface area (TPSA) is 76.1 Å². The lowest BCUT2D eigenvalue weighted by Crippen LogP contribution is -2.40. The number of rotatable bonds is 5. The summed E-state index contributed by atoms with van der Waals surface area (Å²) in [7, 11) is 2.97. The molecular formula is C15H19NO5. The van der Waals surface area contributed by atoms with Crippen molar-refractivity contribution in [1.82, 2.24) is 4.90 Å². The fraction of sp³-hybridized carbons (Fsp3) is 0.467. The Morgan fingerprint density at radius 1 is 1.33 bits per heavy atom. The van der Waals surface area contributed by atoms with Crippen molar-refractivity contribution < 1.29 is 24.2 Å². The van der Waals surface area contributed by atoms with Crippen molar-refractivity contribution in [2.24, 2.45) is 5.41 Å². The number of methoxy groups -OCH3 is 2. The molecule has 6 heteroatoms. The average molecular weight is 293 g/mol. The first-order valence-electron chi connectivity index (χ1n) is 6.69. The molecule has 1 aliphatic rings. The Morgan fingerprint density at radius 3 is 2.67 bits per heavy atom. The number of likely N-dealkylation sites (tertiary alicyclic amines) is 1.